The molecule has 0 aliphatic carbocycles. The Kier molecular flexibility index (Phi) is 7.94. The summed E-state index contributed by atoms with van der Waals surface area (Å²) in [6, 6.07) is 11.0. The highest BCUT2D eigenvalue weighted by molar-refractivity contribution is 7.89. The average molecular weight is 484 g/mol. The van der Waals surface area contributed by atoms with Gasteiger partial charge in [-0.25, -0.2) is 8.42 Å². The van der Waals surface area contributed by atoms with Gasteiger partial charge in [0, 0.05) is 31.7 Å². The van der Waals surface area contributed by atoms with E-state index in [2.05, 4.69) is 10.6 Å². The number of carbonyl (C=O) groups excluding carboxylic acids is 2. The van der Waals surface area contributed by atoms with Crippen molar-refractivity contribution in [3.63, 3.8) is 0 Å². The van der Waals surface area contributed by atoms with Crippen molar-refractivity contribution in [2.75, 3.05) is 25.0 Å². The van der Waals surface area contributed by atoms with Gasteiger partial charge in [0.05, 0.1) is 15.6 Å². The summed E-state index contributed by atoms with van der Waals surface area (Å²) in [7, 11) is -3.73. The molecule has 2 N–H and O–H groups in total. The molecule has 31 heavy (non-hydrogen) atoms. The van der Waals surface area contributed by atoms with E-state index >= 15 is 0 Å². The van der Waals surface area contributed by atoms with Crippen LogP contribution in [0.4, 0.5) is 5.69 Å². The second-order valence-corrected chi connectivity index (χ2v) is 9.86. The molecular weight excluding hydrogens is 461 g/mol. The zero-order valence-electron chi connectivity index (χ0n) is 16.7. The lowest BCUT2D eigenvalue weighted by Crippen LogP contribution is -2.35. The highest BCUT2D eigenvalue weighted by Crippen LogP contribution is 2.29. The molecule has 0 atom stereocenters. The Morgan fingerprint density at radius 3 is 2.39 bits per heavy atom. The standard InChI is InChI=1S/C21H23Cl2N3O4S/c22-17-7-3-2-6-16(17)21(28)24-11-10-20(27)25-15-8-9-18(23)19(14-15)31(29,30)26-12-4-1-5-13-26/h2-3,6-9,14H,1,4-5,10-13H2,(H,24,28)(H,25,27). The van der Waals surface area contributed by atoms with Crippen molar-refractivity contribution in [1.82, 2.24) is 9.62 Å². The molecule has 7 nitrogen and oxygen atoms in total. The van der Waals surface area contributed by atoms with Crippen molar-refractivity contribution in [2.45, 2.75) is 30.6 Å². The number of sulfonamides is 1. The van der Waals surface area contributed by atoms with Crippen molar-refractivity contribution in [2.24, 2.45) is 0 Å². The number of hydrogen-bond donors (Lipinski definition) is 2. The predicted molar refractivity (Wildman–Crippen MR) is 121 cm³/mol. The molecule has 0 bridgehead atoms. The van der Waals surface area contributed by atoms with E-state index in [1.54, 1.807) is 24.3 Å². The van der Waals surface area contributed by atoms with Crippen molar-refractivity contribution in [3.8, 4) is 0 Å². The number of anilines is 1. The number of nitrogens with zero attached hydrogens (tertiary/aromatic N) is 1. The molecule has 1 heterocycles. The number of piperidine rings is 1. The van der Waals surface area contributed by atoms with Crippen molar-refractivity contribution < 1.29 is 18.0 Å². The third kappa shape index (κ3) is 5.98. The molecule has 0 radical (unpaired) electrons. The van der Waals surface area contributed by atoms with Crippen molar-refractivity contribution >= 4 is 50.7 Å². The van der Waals surface area contributed by atoms with Gasteiger partial charge in [-0.1, -0.05) is 41.8 Å². The van der Waals surface area contributed by atoms with Crippen molar-refractivity contribution in [3.05, 3.63) is 58.1 Å². The largest absolute Gasteiger partial charge is 0.351 e. The van der Waals surface area contributed by atoms with Crippen LogP contribution in [0.5, 0.6) is 0 Å². The third-order valence-electron chi connectivity index (χ3n) is 4.90. The van der Waals surface area contributed by atoms with Gasteiger partial charge in [-0.15, -0.1) is 0 Å². The van der Waals surface area contributed by atoms with E-state index in [0.29, 0.717) is 29.4 Å². The van der Waals surface area contributed by atoms with Crippen LogP contribution in [0.2, 0.25) is 10.0 Å². The van der Waals surface area contributed by atoms with E-state index in [1.807, 2.05) is 0 Å². The normalized spacial score (nSPS) is 14.8. The molecule has 0 unspecified atom stereocenters. The first-order valence-electron chi connectivity index (χ1n) is 9.91. The number of nitrogens with one attached hydrogen (secondary N) is 2. The Bertz CT molecular complexity index is 1070. The summed E-state index contributed by atoms with van der Waals surface area (Å²) in [5.74, 6) is -0.747. The molecule has 2 aromatic carbocycles. The van der Waals surface area contributed by atoms with Crippen LogP contribution >= 0.6 is 23.2 Å². The number of rotatable bonds is 7. The van der Waals surface area contributed by atoms with Crippen LogP contribution in [0, 0.1) is 0 Å². The van der Waals surface area contributed by atoms with Gasteiger partial charge in [0.1, 0.15) is 4.90 Å². The van der Waals surface area contributed by atoms with Gasteiger partial charge in [0.25, 0.3) is 5.91 Å². The summed E-state index contributed by atoms with van der Waals surface area (Å²) in [5, 5.41) is 5.72. The fourth-order valence-electron chi connectivity index (χ4n) is 3.28. The maximum absolute atomic E-state index is 12.9. The van der Waals surface area contributed by atoms with E-state index in [0.717, 1.165) is 19.3 Å². The van der Waals surface area contributed by atoms with Crippen LogP contribution in [-0.4, -0.2) is 44.2 Å². The van der Waals surface area contributed by atoms with Gasteiger partial charge < -0.3 is 10.6 Å². The Labute approximate surface area is 191 Å². The zero-order valence-corrected chi connectivity index (χ0v) is 19.1. The Balaban J connectivity index is 1.60. The third-order valence-corrected chi connectivity index (χ3v) is 7.61. The number of benzene rings is 2. The fourth-order valence-corrected chi connectivity index (χ4v) is 5.52. The van der Waals surface area contributed by atoms with Gasteiger partial charge in [0.2, 0.25) is 15.9 Å². The number of hydrogen-bond acceptors (Lipinski definition) is 4. The van der Waals surface area contributed by atoms with Gasteiger partial charge >= 0.3 is 0 Å². The molecule has 0 aromatic heterocycles. The second-order valence-electron chi connectivity index (χ2n) is 7.14. The lowest BCUT2D eigenvalue weighted by molar-refractivity contribution is -0.116. The minimum absolute atomic E-state index is 0.00697. The molecule has 1 aliphatic rings. The monoisotopic (exact) mass is 483 g/mol. The van der Waals surface area contributed by atoms with Crippen LogP contribution < -0.4 is 10.6 Å². The van der Waals surface area contributed by atoms with E-state index < -0.39 is 10.0 Å². The Hall–Kier alpha value is -2.13. The molecule has 1 aliphatic heterocycles. The summed E-state index contributed by atoms with van der Waals surface area (Å²) >= 11 is 12.1. The van der Waals surface area contributed by atoms with Crippen LogP contribution in [0.1, 0.15) is 36.0 Å². The smallest absolute Gasteiger partial charge is 0.252 e. The number of carbonyl (C=O) groups is 2. The lowest BCUT2D eigenvalue weighted by atomic mass is 10.2. The summed E-state index contributed by atoms with van der Waals surface area (Å²) in [6.45, 7) is 1.02. The molecule has 1 saturated heterocycles. The molecular formula is C21H23Cl2N3O4S. The van der Waals surface area contributed by atoms with Gasteiger partial charge in [0.15, 0.2) is 0 Å². The van der Waals surface area contributed by atoms with E-state index in [4.69, 9.17) is 23.2 Å². The average Bonchev–Trinajstić information content (AvgIpc) is 2.76. The molecule has 0 spiro atoms. The maximum Gasteiger partial charge on any atom is 0.252 e. The summed E-state index contributed by atoms with van der Waals surface area (Å²) < 4.78 is 27.3. The molecule has 10 heteroatoms. The first-order valence-corrected chi connectivity index (χ1v) is 12.1. The fraction of sp³-hybridized carbons (Fsp3) is 0.333. The lowest BCUT2D eigenvalue weighted by Gasteiger charge is -2.26. The topological polar surface area (TPSA) is 95.6 Å². The second kappa shape index (κ2) is 10.5. The van der Waals surface area contributed by atoms with Gasteiger partial charge in [-0.3, -0.25) is 9.59 Å². The Morgan fingerprint density at radius 2 is 1.68 bits per heavy atom. The highest BCUT2D eigenvalue weighted by atomic mass is 35.5. The molecule has 166 valence electrons. The van der Waals surface area contributed by atoms with E-state index in [9.17, 15) is 18.0 Å². The number of halogens is 2. The summed E-state index contributed by atoms with van der Waals surface area (Å²) in [4.78, 5) is 24.4. The van der Waals surface area contributed by atoms with E-state index in [1.165, 1.54) is 22.5 Å². The van der Waals surface area contributed by atoms with Gasteiger partial charge in [-0.05, 0) is 43.2 Å². The minimum Gasteiger partial charge on any atom is -0.351 e. The molecule has 0 saturated carbocycles. The predicted octanol–water partition coefficient (Wildman–Crippen LogP) is 3.93. The molecule has 2 aromatic rings. The highest BCUT2D eigenvalue weighted by Gasteiger charge is 2.28. The first-order chi connectivity index (χ1) is 14.8. The van der Waals surface area contributed by atoms with E-state index in [-0.39, 0.29) is 34.7 Å². The summed E-state index contributed by atoms with van der Waals surface area (Å²) in [6.07, 6.45) is 2.64. The quantitative estimate of drug-likeness (QED) is 0.623. The van der Waals surface area contributed by atoms with Crippen LogP contribution in [0.3, 0.4) is 0 Å². The Morgan fingerprint density at radius 1 is 0.968 bits per heavy atom. The zero-order chi connectivity index (χ0) is 22.4. The molecule has 1 fully saturated rings. The van der Waals surface area contributed by atoms with Crippen molar-refractivity contribution in [1.29, 1.82) is 0 Å². The van der Waals surface area contributed by atoms with Gasteiger partial charge in [-0.2, -0.15) is 4.31 Å². The molecule has 2 amide bonds. The maximum atomic E-state index is 12.9. The number of amides is 2. The molecule has 3 rings (SSSR count). The summed E-state index contributed by atoms with van der Waals surface area (Å²) in [5.41, 5.74) is 0.650. The minimum atomic E-state index is -3.73. The SMILES string of the molecule is O=C(CCNC(=O)c1ccccc1Cl)Nc1ccc(Cl)c(S(=O)(=O)N2CCCCC2)c1. The van der Waals surface area contributed by atoms with Crippen LogP contribution in [-0.2, 0) is 14.8 Å². The van der Waals surface area contributed by atoms with Crippen LogP contribution in [0.15, 0.2) is 47.4 Å². The first kappa shape index (κ1) is 23.5. The van der Waals surface area contributed by atoms with Crippen LogP contribution in [0.25, 0.3) is 0 Å².